The van der Waals surface area contributed by atoms with Gasteiger partial charge in [0, 0.05) is 17.7 Å². The summed E-state index contributed by atoms with van der Waals surface area (Å²) in [5.74, 6) is -2.83. The van der Waals surface area contributed by atoms with Crippen LogP contribution in [-0.4, -0.2) is 21.7 Å². The molecule has 1 amide bonds. The van der Waals surface area contributed by atoms with Crippen molar-refractivity contribution in [3.63, 3.8) is 0 Å². The molecule has 0 bridgehead atoms. The molecule has 156 valence electrons. The molecule has 0 saturated carbocycles. The summed E-state index contributed by atoms with van der Waals surface area (Å²) in [7, 11) is 0. The maximum Gasteiger partial charge on any atom is 0.266 e. The smallest absolute Gasteiger partial charge is 0.266 e. The van der Waals surface area contributed by atoms with E-state index in [0.29, 0.717) is 17.7 Å². The lowest BCUT2D eigenvalue weighted by atomic mass is 10.1. The van der Waals surface area contributed by atoms with Crippen molar-refractivity contribution in [1.82, 2.24) is 15.1 Å². The van der Waals surface area contributed by atoms with E-state index in [4.69, 9.17) is 0 Å². The number of nitrogens with one attached hydrogen (secondary N) is 1. The Labute approximate surface area is 171 Å². The minimum absolute atomic E-state index is 0.0792. The molecule has 3 rings (SSSR count). The normalized spacial score (nSPS) is 11.9. The van der Waals surface area contributed by atoms with Crippen molar-refractivity contribution in [3.8, 4) is 11.3 Å². The molecule has 0 spiro atoms. The molecule has 1 N–H and O–H groups in total. The van der Waals surface area contributed by atoms with Crippen LogP contribution in [0.15, 0.2) is 59.4 Å². The molecule has 0 fully saturated rings. The van der Waals surface area contributed by atoms with E-state index >= 15 is 0 Å². The molecular weight excluding hydrogens is 395 g/mol. The minimum atomic E-state index is -1.01. The number of hydrogen-bond donors (Lipinski definition) is 1. The first kappa shape index (κ1) is 21.3. The molecule has 0 aliphatic rings. The summed E-state index contributed by atoms with van der Waals surface area (Å²) >= 11 is 0. The number of halogens is 3. The van der Waals surface area contributed by atoms with E-state index in [1.54, 1.807) is 12.1 Å². The van der Waals surface area contributed by atoms with Crippen LogP contribution in [0.5, 0.6) is 0 Å². The third-order valence-electron chi connectivity index (χ3n) is 4.64. The predicted molar refractivity (Wildman–Crippen MR) is 106 cm³/mol. The second kappa shape index (κ2) is 9.39. The van der Waals surface area contributed by atoms with Crippen LogP contribution in [0.3, 0.4) is 0 Å². The molecule has 3 aromatic rings. The number of rotatable bonds is 7. The van der Waals surface area contributed by atoms with Gasteiger partial charge in [0.25, 0.3) is 5.56 Å². The van der Waals surface area contributed by atoms with Gasteiger partial charge in [0.15, 0.2) is 11.6 Å². The van der Waals surface area contributed by atoms with Crippen LogP contribution in [0.2, 0.25) is 0 Å². The van der Waals surface area contributed by atoms with Crippen molar-refractivity contribution >= 4 is 5.91 Å². The lowest BCUT2D eigenvalue weighted by Gasteiger charge is -2.18. The third kappa shape index (κ3) is 5.14. The number of hydrogen-bond acceptors (Lipinski definition) is 3. The molecule has 0 saturated heterocycles. The second-order valence-electron chi connectivity index (χ2n) is 6.81. The average molecular weight is 415 g/mol. The zero-order valence-corrected chi connectivity index (χ0v) is 16.2. The monoisotopic (exact) mass is 415 g/mol. The molecule has 30 heavy (non-hydrogen) atoms. The quantitative estimate of drug-likeness (QED) is 0.643. The molecule has 1 aromatic heterocycles. The summed E-state index contributed by atoms with van der Waals surface area (Å²) in [6.45, 7) is 1.91. The van der Waals surface area contributed by atoms with Gasteiger partial charge in [0.1, 0.15) is 5.82 Å². The molecular formula is C22H20F3N3O2. The fraction of sp³-hybridized carbons (Fsp3) is 0.227. The van der Waals surface area contributed by atoms with Gasteiger partial charge in [-0.2, -0.15) is 5.10 Å². The lowest BCUT2D eigenvalue weighted by molar-refractivity contribution is -0.121. The fourth-order valence-electron chi connectivity index (χ4n) is 2.97. The highest BCUT2D eigenvalue weighted by Crippen LogP contribution is 2.18. The van der Waals surface area contributed by atoms with Crippen molar-refractivity contribution in [2.24, 2.45) is 0 Å². The standard InChI is InChI=1S/C22H20F3N3O2/c1-2-16(26-21(29)12-14-5-3-4-6-17(14)23)13-28-22(30)10-9-20(27-28)15-7-8-18(24)19(25)11-15/h3-11,16H,2,12-13H2,1H3,(H,26,29). The number of amides is 1. The highest BCUT2D eigenvalue weighted by molar-refractivity contribution is 5.78. The van der Waals surface area contributed by atoms with Crippen molar-refractivity contribution < 1.29 is 18.0 Å². The van der Waals surface area contributed by atoms with E-state index in [-0.39, 0.29) is 24.4 Å². The SMILES string of the molecule is CCC(Cn1nc(-c2ccc(F)c(F)c2)ccc1=O)NC(=O)Cc1ccccc1F. The van der Waals surface area contributed by atoms with Crippen molar-refractivity contribution in [1.29, 1.82) is 0 Å². The fourth-order valence-corrected chi connectivity index (χ4v) is 2.97. The Hall–Kier alpha value is -3.42. The maximum atomic E-state index is 13.7. The summed E-state index contributed by atoms with van der Waals surface area (Å²) in [6, 6.07) is 11.6. The highest BCUT2D eigenvalue weighted by atomic mass is 19.2. The molecule has 2 aromatic carbocycles. The van der Waals surface area contributed by atoms with Crippen molar-refractivity contribution in [3.05, 3.63) is 88.0 Å². The van der Waals surface area contributed by atoms with Gasteiger partial charge in [-0.15, -0.1) is 0 Å². The van der Waals surface area contributed by atoms with Crippen LogP contribution in [0.25, 0.3) is 11.3 Å². The van der Waals surface area contributed by atoms with E-state index in [9.17, 15) is 22.8 Å². The van der Waals surface area contributed by atoms with E-state index in [2.05, 4.69) is 10.4 Å². The van der Waals surface area contributed by atoms with Gasteiger partial charge in [-0.3, -0.25) is 9.59 Å². The van der Waals surface area contributed by atoms with Gasteiger partial charge in [0.2, 0.25) is 5.91 Å². The Balaban J connectivity index is 1.74. The number of nitrogens with zero attached hydrogens (tertiary/aromatic N) is 2. The zero-order chi connectivity index (χ0) is 21.7. The molecule has 0 aliphatic carbocycles. The van der Waals surface area contributed by atoms with Crippen LogP contribution in [0.4, 0.5) is 13.2 Å². The highest BCUT2D eigenvalue weighted by Gasteiger charge is 2.15. The molecule has 5 nitrogen and oxygen atoms in total. The van der Waals surface area contributed by atoms with E-state index in [1.807, 2.05) is 6.92 Å². The summed E-state index contributed by atoms with van der Waals surface area (Å²) < 4.78 is 41.6. The molecule has 0 radical (unpaired) electrons. The van der Waals surface area contributed by atoms with Gasteiger partial charge in [-0.05, 0) is 42.3 Å². The van der Waals surface area contributed by atoms with Gasteiger partial charge in [-0.25, -0.2) is 17.9 Å². The van der Waals surface area contributed by atoms with Crippen LogP contribution in [0, 0.1) is 17.5 Å². The first-order valence-electron chi connectivity index (χ1n) is 9.43. The Morgan fingerprint density at radius 2 is 1.80 bits per heavy atom. The van der Waals surface area contributed by atoms with Crippen LogP contribution in [-0.2, 0) is 17.8 Å². The Kier molecular flexibility index (Phi) is 6.66. The van der Waals surface area contributed by atoms with Gasteiger partial charge in [-0.1, -0.05) is 25.1 Å². The predicted octanol–water partition coefficient (Wildman–Crippen LogP) is 3.47. The summed E-state index contributed by atoms with van der Waals surface area (Å²) in [5.41, 5.74) is 0.490. The number of carbonyl (C=O) groups excluding carboxylic acids is 1. The van der Waals surface area contributed by atoms with E-state index in [0.717, 1.165) is 16.8 Å². The van der Waals surface area contributed by atoms with Gasteiger partial charge in [0.05, 0.1) is 18.7 Å². The second-order valence-corrected chi connectivity index (χ2v) is 6.81. The summed E-state index contributed by atoms with van der Waals surface area (Å²) in [5, 5.41) is 6.99. The molecule has 0 aliphatic heterocycles. The van der Waals surface area contributed by atoms with Crippen LogP contribution >= 0.6 is 0 Å². The van der Waals surface area contributed by atoms with Gasteiger partial charge < -0.3 is 5.32 Å². The first-order valence-corrected chi connectivity index (χ1v) is 9.43. The van der Waals surface area contributed by atoms with Gasteiger partial charge >= 0.3 is 0 Å². The Morgan fingerprint density at radius 1 is 1.03 bits per heavy atom. The van der Waals surface area contributed by atoms with Crippen molar-refractivity contribution in [2.75, 3.05) is 0 Å². The number of aromatic nitrogens is 2. The van der Waals surface area contributed by atoms with Crippen LogP contribution < -0.4 is 10.9 Å². The first-order chi connectivity index (χ1) is 14.4. The third-order valence-corrected chi connectivity index (χ3v) is 4.64. The lowest BCUT2D eigenvalue weighted by Crippen LogP contribution is -2.41. The zero-order valence-electron chi connectivity index (χ0n) is 16.2. The number of carbonyl (C=O) groups is 1. The van der Waals surface area contributed by atoms with Crippen LogP contribution in [0.1, 0.15) is 18.9 Å². The molecule has 1 heterocycles. The average Bonchev–Trinajstić information content (AvgIpc) is 2.72. The maximum absolute atomic E-state index is 13.7. The molecule has 8 heteroatoms. The minimum Gasteiger partial charge on any atom is -0.351 e. The largest absolute Gasteiger partial charge is 0.351 e. The molecule has 1 atom stereocenters. The summed E-state index contributed by atoms with van der Waals surface area (Å²) in [4.78, 5) is 24.5. The topological polar surface area (TPSA) is 64.0 Å². The molecule has 1 unspecified atom stereocenters. The Bertz CT molecular complexity index is 1110. The Morgan fingerprint density at radius 3 is 2.50 bits per heavy atom. The summed E-state index contributed by atoms with van der Waals surface area (Å²) in [6.07, 6.45) is 0.382. The van der Waals surface area contributed by atoms with E-state index in [1.165, 1.54) is 30.3 Å². The van der Waals surface area contributed by atoms with Crippen molar-refractivity contribution in [2.45, 2.75) is 32.4 Å². The van der Waals surface area contributed by atoms with E-state index < -0.39 is 29.1 Å². The number of benzene rings is 2.